The minimum atomic E-state index is -0.613. The molecule has 0 N–H and O–H groups in total. The number of amides is 1. The number of aromatic nitrogens is 1. The third-order valence-electron chi connectivity index (χ3n) is 4.36. The minimum Gasteiger partial charge on any atom is -0.472 e. The van der Waals surface area contributed by atoms with E-state index in [4.69, 9.17) is 9.47 Å². The van der Waals surface area contributed by atoms with Gasteiger partial charge in [-0.05, 0) is 50.8 Å². The van der Waals surface area contributed by atoms with E-state index in [2.05, 4.69) is 4.98 Å². The monoisotopic (exact) mass is 356 g/mol. The molecule has 1 unspecified atom stereocenters. The molecule has 0 aliphatic carbocycles. The maximum atomic E-state index is 12.4. The number of likely N-dealkylation sites (tertiary alicyclic amines) is 1. The maximum absolute atomic E-state index is 12.4. The van der Waals surface area contributed by atoms with E-state index < -0.39 is 17.7 Å². The zero-order valence-corrected chi connectivity index (χ0v) is 15.6. The van der Waals surface area contributed by atoms with Gasteiger partial charge in [-0.15, -0.1) is 0 Å². The summed E-state index contributed by atoms with van der Waals surface area (Å²) >= 11 is 0. The lowest BCUT2D eigenvalue weighted by Gasteiger charge is -2.26. The number of hydrogen-bond donors (Lipinski definition) is 0. The maximum Gasteiger partial charge on any atom is 0.411 e. The lowest BCUT2D eigenvalue weighted by molar-refractivity contribution is -0.111. The molecule has 2 heterocycles. The molecule has 1 aromatic heterocycles. The molecule has 1 aliphatic rings. The Kier molecular flexibility index (Phi) is 4.85. The van der Waals surface area contributed by atoms with Gasteiger partial charge >= 0.3 is 6.09 Å². The molecule has 1 amide bonds. The molecule has 0 spiro atoms. The Balaban J connectivity index is 1.79. The van der Waals surface area contributed by atoms with Gasteiger partial charge in [-0.2, -0.15) is 0 Å². The number of nitrogens with zero attached hydrogens (tertiary/aromatic N) is 2. The summed E-state index contributed by atoms with van der Waals surface area (Å²) in [5.41, 5.74) is 0.528. The van der Waals surface area contributed by atoms with Crippen LogP contribution in [0.5, 0.6) is 5.88 Å². The Labute approximate surface area is 153 Å². The second kappa shape index (κ2) is 6.94. The van der Waals surface area contributed by atoms with Gasteiger partial charge in [0.25, 0.3) is 0 Å². The number of fused-ring (bicyclic) bond motifs is 1. The number of carbonyl (C=O) groups is 2. The van der Waals surface area contributed by atoms with E-state index in [0.717, 1.165) is 22.6 Å². The van der Waals surface area contributed by atoms with Gasteiger partial charge < -0.3 is 14.3 Å². The molecule has 2 aromatic rings. The number of aryl methyl sites for hydroxylation is 1. The molecule has 0 bridgehead atoms. The summed E-state index contributed by atoms with van der Waals surface area (Å²) in [6, 6.07) is 7.36. The van der Waals surface area contributed by atoms with E-state index in [1.165, 1.54) is 4.90 Å². The fraction of sp³-hybridized carbons (Fsp3) is 0.450. The van der Waals surface area contributed by atoms with Crippen LogP contribution >= 0.6 is 0 Å². The molecule has 1 aliphatic heterocycles. The first kappa shape index (κ1) is 18.2. The molecule has 1 saturated heterocycles. The van der Waals surface area contributed by atoms with Crippen LogP contribution in [0.25, 0.3) is 10.8 Å². The van der Waals surface area contributed by atoms with E-state index in [-0.39, 0.29) is 6.10 Å². The number of ether oxygens (including phenoxy) is 2. The topological polar surface area (TPSA) is 68.7 Å². The van der Waals surface area contributed by atoms with Gasteiger partial charge in [0.2, 0.25) is 5.88 Å². The van der Waals surface area contributed by atoms with Crippen molar-refractivity contribution in [3.05, 3.63) is 36.0 Å². The Morgan fingerprint density at radius 3 is 2.73 bits per heavy atom. The highest BCUT2D eigenvalue weighted by Gasteiger charge is 2.38. The average Bonchev–Trinajstić information content (AvgIpc) is 2.97. The summed E-state index contributed by atoms with van der Waals surface area (Å²) in [5.74, 6) is 0.520. The van der Waals surface area contributed by atoms with Crippen LogP contribution in [0.15, 0.2) is 30.5 Å². The van der Waals surface area contributed by atoms with E-state index in [9.17, 15) is 9.59 Å². The predicted molar refractivity (Wildman–Crippen MR) is 98.3 cm³/mol. The van der Waals surface area contributed by atoms with Gasteiger partial charge in [0, 0.05) is 18.0 Å². The van der Waals surface area contributed by atoms with Crippen molar-refractivity contribution in [3.8, 4) is 5.88 Å². The van der Waals surface area contributed by atoms with Crippen molar-refractivity contribution in [2.75, 3.05) is 6.54 Å². The van der Waals surface area contributed by atoms with Gasteiger partial charge in [-0.25, -0.2) is 9.78 Å². The number of benzene rings is 1. The Morgan fingerprint density at radius 1 is 1.27 bits per heavy atom. The van der Waals surface area contributed by atoms with Crippen molar-refractivity contribution in [2.45, 2.75) is 51.9 Å². The molecule has 6 heteroatoms. The number of rotatable bonds is 3. The first-order chi connectivity index (χ1) is 12.3. The fourth-order valence-corrected chi connectivity index (χ4v) is 3.16. The molecular weight excluding hydrogens is 332 g/mol. The SMILES string of the molecule is Cc1cccc2c(OC3C[C@@H](C=O)N(C(=O)OC(C)(C)C)C3)nccc12. The first-order valence-corrected chi connectivity index (χ1v) is 8.74. The summed E-state index contributed by atoms with van der Waals surface area (Å²) in [7, 11) is 0. The van der Waals surface area contributed by atoms with Crippen LogP contribution in [0.1, 0.15) is 32.8 Å². The van der Waals surface area contributed by atoms with Gasteiger partial charge in [-0.1, -0.05) is 12.1 Å². The third-order valence-corrected chi connectivity index (χ3v) is 4.36. The third kappa shape index (κ3) is 3.79. The van der Waals surface area contributed by atoms with Crippen LogP contribution < -0.4 is 4.74 Å². The average molecular weight is 356 g/mol. The number of aldehydes is 1. The molecule has 0 radical (unpaired) electrons. The van der Waals surface area contributed by atoms with Crippen LogP contribution in [-0.4, -0.2) is 46.6 Å². The molecule has 0 saturated carbocycles. The van der Waals surface area contributed by atoms with Gasteiger partial charge in [-0.3, -0.25) is 4.90 Å². The zero-order chi connectivity index (χ0) is 18.9. The summed E-state index contributed by atoms with van der Waals surface area (Å²) in [4.78, 5) is 29.6. The molecule has 1 aromatic carbocycles. The normalized spacial score (nSPS) is 20.2. The van der Waals surface area contributed by atoms with Crippen molar-refractivity contribution >= 4 is 23.2 Å². The fourth-order valence-electron chi connectivity index (χ4n) is 3.16. The number of pyridine rings is 1. The standard InChI is InChI=1S/C20H24N2O4/c1-13-6-5-7-17-16(13)8-9-21-18(17)25-15-10-14(12-23)22(11-15)19(24)26-20(2,3)4/h5-9,12,14-15H,10-11H2,1-4H3/t14-,15?/m0/s1. The van der Waals surface area contributed by atoms with Crippen molar-refractivity contribution < 1.29 is 19.1 Å². The van der Waals surface area contributed by atoms with Gasteiger partial charge in [0.15, 0.2) is 0 Å². The van der Waals surface area contributed by atoms with Crippen molar-refractivity contribution in [3.63, 3.8) is 0 Å². The summed E-state index contributed by atoms with van der Waals surface area (Å²) in [6.07, 6.45) is 2.10. The molecule has 2 atom stereocenters. The van der Waals surface area contributed by atoms with Crippen LogP contribution in [0.3, 0.4) is 0 Å². The van der Waals surface area contributed by atoms with Crippen LogP contribution in [0, 0.1) is 6.92 Å². The van der Waals surface area contributed by atoms with E-state index in [0.29, 0.717) is 18.8 Å². The van der Waals surface area contributed by atoms with Crippen LogP contribution in [0.4, 0.5) is 4.79 Å². The van der Waals surface area contributed by atoms with Gasteiger partial charge in [0.1, 0.15) is 18.0 Å². The largest absolute Gasteiger partial charge is 0.472 e. The number of carbonyl (C=O) groups excluding carboxylic acids is 2. The summed E-state index contributed by atoms with van der Waals surface area (Å²) < 4.78 is 11.5. The zero-order valence-electron chi connectivity index (χ0n) is 15.6. The van der Waals surface area contributed by atoms with Gasteiger partial charge in [0.05, 0.1) is 12.6 Å². The molecule has 6 nitrogen and oxygen atoms in total. The van der Waals surface area contributed by atoms with Crippen molar-refractivity contribution in [2.24, 2.45) is 0 Å². The highest BCUT2D eigenvalue weighted by molar-refractivity contribution is 5.89. The Bertz CT molecular complexity index is 828. The van der Waals surface area contributed by atoms with Crippen LogP contribution in [0.2, 0.25) is 0 Å². The van der Waals surface area contributed by atoms with Crippen molar-refractivity contribution in [1.82, 2.24) is 9.88 Å². The second-order valence-corrected chi connectivity index (χ2v) is 7.60. The van der Waals surface area contributed by atoms with E-state index in [1.54, 1.807) is 27.0 Å². The Hall–Kier alpha value is -2.63. The first-order valence-electron chi connectivity index (χ1n) is 8.74. The predicted octanol–water partition coefficient (Wildman–Crippen LogP) is 3.50. The Morgan fingerprint density at radius 2 is 2.04 bits per heavy atom. The van der Waals surface area contributed by atoms with Crippen LogP contribution in [-0.2, 0) is 9.53 Å². The number of hydrogen-bond acceptors (Lipinski definition) is 5. The molecule has 138 valence electrons. The minimum absolute atomic E-state index is 0.294. The van der Waals surface area contributed by atoms with Crippen molar-refractivity contribution in [1.29, 1.82) is 0 Å². The molecule has 1 fully saturated rings. The van der Waals surface area contributed by atoms with E-state index in [1.807, 2.05) is 31.2 Å². The molecule has 3 rings (SSSR count). The van der Waals surface area contributed by atoms with E-state index >= 15 is 0 Å². The lowest BCUT2D eigenvalue weighted by atomic mass is 10.1. The highest BCUT2D eigenvalue weighted by atomic mass is 16.6. The quantitative estimate of drug-likeness (QED) is 0.788. The lowest BCUT2D eigenvalue weighted by Crippen LogP contribution is -2.41. The molecule has 26 heavy (non-hydrogen) atoms. The highest BCUT2D eigenvalue weighted by Crippen LogP contribution is 2.29. The second-order valence-electron chi connectivity index (χ2n) is 7.60. The smallest absolute Gasteiger partial charge is 0.411 e. The summed E-state index contributed by atoms with van der Waals surface area (Å²) in [5, 5.41) is 2.00. The summed E-state index contributed by atoms with van der Waals surface area (Å²) in [6.45, 7) is 7.73. The molecular formula is C20H24N2O4.